The number of hydrogen-bond donors (Lipinski definition) is 1. The van der Waals surface area contributed by atoms with Crippen LogP contribution in [-0.4, -0.2) is 28.8 Å². The average molecular weight is 285 g/mol. The summed E-state index contributed by atoms with van der Waals surface area (Å²) in [6, 6.07) is 3.99. The lowest BCUT2D eigenvalue weighted by Crippen LogP contribution is -2.65. The zero-order chi connectivity index (χ0) is 11.9. The van der Waals surface area contributed by atoms with Crippen LogP contribution in [0.15, 0.2) is 16.6 Å². The molecule has 0 bridgehead atoms. The molecule has 1 aromatic rings. The number of aryl methyl sites for hydroxylation is 1. The van der Waals surface area contributed by atoms with E-state index in [0.717, 1.165) is 16.0 Å². The van der Waals surface area contributed by atoms with E-state index in [0.29, 0.717) is 19.0 Å². The van der Waals surface area contributed by atoms with Crippen molar-refractivity contribution in [3.05, 3.63) is 22.3 Å². The van der Waals surface area contributed by atoms with E-state index in [4.69, 9.17) is 0 Å². The molecular formula is C12H17BrN2O. The molecule has 0 spiro atoms. The summed E-state index contributed by atoms with van der Waals surface area (Å²) in [5, 5.41) is 10.2. The summed E-state index contributed by atoms with van der Waals surface area (Å²) in [7, 11) is 0. The van der Waals surface area contributed by atoms with Crippen LogP contribution in [0.5, 0.6) is 0 Å². The van der Waals surface area contributed by atoms with Gasteiger partial charge in [0.25, 0.3) is 0 Å². The fourth-order valence-electron chi connectivity index (χ4n) is 1.85. The van der Waals surface area contributed by atoms with Crippen LogP contribution in [0.1, 0.15) is 19.5 Å². The van der Waals surface area contributed by atoms with Gasteiger partial charge in [-0.3, -0.25) is 0 Å². The van der Waals surface area contributed by atoms with Gasteiger partial charge in [-0.2, -0.15) is 0 Å². The molecule has 0 aromatic carbocycles. The van der Waals surface area contributed by atoms with E-state index in [1.807, 2.05) is 19.1 Å². The van der Waals surface area contributed by atoms with Crippen molar-refractivity contribution in [2.45, 2.75) is 26.4 Å². The van der Waals surface area contributed by atoms with Gasteiger partial charge in [-0.1, -0.05) is 13.8 Å². The third-order valence-corrected chi connectivity index (χ3v) is 4.17. The molecule has 1 aliphatic rings. The third kappa shape index (κ3) is 1.96. The number of β-amino-alcohol motifs (C(OH)–C–C–N with tert-alkyl or cyclic N) is 1. The van der Waals surface area contributed by atoms with Crippen LogP contribution in [0, 0.1) is 12.8 Å². The van der Waals surface area contributed by atoms with E-state index in [9.17, 15) is 5.11 Å². The number of aromatic nitrogens is 1. The van der Waals surface area contributed by atoms with Crippen LogP contribution in [0.2, 0.25) is 0 Å². The number of aliphatic hydroxyl groups is 1. The minimum absolute atomic E-state index is 0.292. The molecule has 1 saturated heterocycles. The van der Waals surface area contributed by atoms with Crippen LogP contribution in [0.3, 0.4) is 0 Å². The van der Waals surface area contributed by atoms with E-state index in [2.05, 4.69) is 39.7 Å². The molecule has 1 fully saturated rings. The molecule has 0 aliphatic carbocycles. The van der Waals surface area contributed by atoms with Gasteiger partial charge in [-0.05, 0) is 40.9 Å². The second kappa shape index (κ2) is 4.00. The van der Waals surface area contributed by atoms with Crippen molar-refractivity contribution in [1.29, 1.82) is 0 Å². The average Bonchev–Trinajstić information content (AvgIpc) is 2.17. The van der Waals surface area contributed by atoms with Gasteiger partial charge >= 0.3 is 0 Å². The third-order valence-electron chi connectivity index (χ3n) is 3.33. The summed E-state index contributed by atoms with van der Waals surface area (Å²) in [6.45, 7) is 7.44. The second-order valence-corrected chi connectivity index (χ2v) is 5.71. The lowest BCUT2D eigenvalue weighted by atomic mass is 9.83. The molecule has 0 unspecified atom stereocenters. The Hall–Kier alpha value is -0.610. The molecule has 2 heterocycles. The standard InChI is InChI=1S/C12H17BrN2O/c1-8(2)12(16)6-15(7-12)11-5-4-10(13)9(3)14-11/h4-5,8,16H,6-7H2,1-3H3. The molecule has 0 radical (unpaired) electrons. The maximum Gasteiger partial charge on any atom is 0.129 e. The van der Waals surface area contributed by atoms with Crippen molar-refractivity contribution >= 4 is 21.7 Å². The molecule has 1 N–H and O–H groups in total. The second-order valence-electron chi connectivity index (χ2n) is 4.85. The van der Waals surface area contributed by atoms with Gasteiger partial charge < -0.3 is 10.0 Å². The van der Waals surface area contributed by atoms with E-state index in [1.54, 1.807) is 0 Å². The highest BCUT2D eigenvalue weighted by molar-refractivity contribution is 9.10. The Morgan fingerprint density at radius 3 is 2.56 bits per heavy atom. The Morgan fingerprint density at radius 2 is 2.06 bits per heavy atom. The lowest BCUT2D eigenvalue weighted by Gasteiger charge is -2.49. The maximum atomic E-state index is 10.2. The van der Waals surface area contributed by atoms with E-state index >= 15 is 0 Å². The van der Waals surface area contributed by atoms with Crippen molar-refractivity contribution in [2.75, 3.05) is 18.0 Å². The van der Waals surface area contributed by atoms with Crippen LogP contribution < -0.4 is 4.90 Å². The van der Waals surface area contributed by atoms with Crippen molar-refractivity contribution in [2.24, 2.45) is 5.92 Å². The molecule has 3 nitrogen and oxygen atoms in total. The normalized spacial score (nSPS) is 18.8. The number of anilines is 1. The molecule has 2 rings (SSSR count). The van der Waals surface area contributed by atoms with Gasteiger partial charge in [0, 0.05) is 4.47 Å². The van der Waals surface area contributed by atoms with Crippen LogP contribution in [-0.2, 0) is 0 Å². The smallest absolute Gasteiger partial charge is 0.129 e. The predicted octanol–water partition coefficient (Wildman–Crippen LogP) is 2.36. The Kier molecular flexibility index (Phi) is 2.97. The molecule has 1 aliphatic heterocycles. The first kappa shape index (κ1) is 11.9. The Bertz CT molecular complexity index is 400. The molecular weight excluding hydrogens is 268 g/mol. The summed E-state index contributed by atoms with van der Waals surface area (Å²) in [5.41, 5.74) is 0.445. The van der Waals surface area contributed by atoms with Crippen molar-refractivity contribution in [1.82, 2.24) is 4.98 Å². The highest BCUT2D eigenvalue weighted by Crippen LogP contribution is 2.32. The monoisotopic (exact) mass is 284 g/mol. The predicted molar refractivity (Wildman–Crippen MR) is 68.7 cm³/mol. The van der Waals surface area contributed by atoms with Gasteiger partial charge in [0.2, 0.25) is 0 Å². The van der Waals surface area contributed by atoms with Crippen molar-refractivity contribution < 1.29 is 5.11 Å². The number of hydrogen-bond acceptors (Lipinski definition) is 3. The highest BCUT2D eigenvalue weighted by Gasteiger charge is 2.44. The van der Waals surface area contributed by atoms with Gasteiger partial charge in [0.1, 0.15) is 11.4 Å². The minimum atomic E-state index is -0.539. The SMILES string of the molecule is Cc1nc(N2CC(O)(C(C)C)C2)ccc1Br. The van der Waals surface area contributed by atoms with Crippen molar-refractivity contribution in [3.63, 3.8) is 0 Å². The molecule has 0 atom stereocenters. The quantitative estimate of drug-likeness (QED) is 0.906. The van der Waals surface area contributed by atoms with Gasteiger partial charge in [-0.25, -0.2) is 4.98 Å². The largest absolute Gasteiger partial charge is 0.386 e. The first-order valence-electron chi connectivity index (χ1n) is 5.53. The van der Waals surface area contributed by atoms with E-state index < -0.39 is 5.60 Å². The van der Waals surface area contributed by atoms with Gasteiger partial charge in [0.05, 0.1) is 18.8 Å². The minimum Gasteiger partial charge on any atom is -0.386 e. The highest BCUT2D eigenvalue weighted by atomic mass is 79.9. The first-order valence-corrected chi connectivity index (χ1v) is 6.32. The van der Waals surface area contributed by atoms with E-state index in [-0.39, 0.29) is 0 Å². The summed E-state index contributed by atoms with van der Waals surface area (Å²) in [5.74, 6) is 1.24. The molecule has 0 amide bonds. The molecule has 16 heavy (non-hydrogen) atoms. The zero-order valence-corrected chi connectivity index (χ0v) is 11.5. The molecule has 1 aromatic heterocycles. The number of rotatable bonds is 2. The topological polar surface area (TPSA) is 36.4 Å². The Labute approximate surface area is 105 Å². The maximum absolute atomic E-state index is 10.2. The molecule has 4 heteroatoms. The number of pyridine rings is 1. The summed E-state index contributed by atoms with van der Waals surface area (Å²) in [6.07, 6.45) is 0. The zero-order valence-electron chi connectivity index (χ0n) is 9.87. The Balaban J connectivity index is 2.09. The van der Waals surface area contributed by atoms with Gasteiger partial charge in [0.15, 0.2) is 0 Å². The Morgan fingerprint density at radius 1 is 1.44 bits per heavy atom. The fraction of sp³-hybridized carbons (Fsp3) is 0.583. The van der Waals surface area contributed by atoms with Gasteiger partial charge in [-0.15, -0.1) is 0 Å². The van der Waals surface area contributed by atoms with Crippen LogP contribution >= 0.6 is 15.9 Å². The number of halogens is 1. The molecule has 0 saturated carbocycles. The summed E-state index contributed by atoms with van der Waals surface area (Å²) < 4.78 is 1.02. The lowest BCUT2D eigenvalue weighted by molar-refractivity contribution is -0.0304. The van der Waals surface area contributed by atoms with Crippen molar-refractivity contribution in [3.8, 4) is 0 Å². The summed E-state index contributed by atoms with van der Waals surface area (Å²) >= 11 is 3.43. The summed E-state index contributed by atoms with van der Waals surface area (Å²) in [4.78, 5) is 6.60. The fourth-order valence-corrected chi connectivity index (χ4v) is 2.07. The molecule has 88 valence electrons. The first-order chi connectivity index (χ1) is 7.42. The van der Waals surface area contributed by atoms with E-state index in [1.165, 1.54) is 0 Å². The van der Waals surface area contributed by atoms with Crippen LogP contribution in [0.4, 0.5) is 5.82 Å². The van der Waals surface area contributed by atoms with Crippen LogP contribution in [0.25, 0.3) is 0 Å². The number of nitrogens with zero attached hydrogens (tertiary/aromatic N) is 2.